The van der Waals surface area contributed by atoms with E-state index in [0.29, 0.717) is 17.0 Å². The fourth-order valence-electron chi connectivity index (χ4n) is 2.98. The van der Waals surface area contributed by atoms with Gasteiger partial charge in [0.2, 0.25) is 0 Å². The quantitative estimate of drug-likeness (QED) is 0.288. The molecule has 3 rings (SSSR count). The zero-order valence-corrected chi connectivity index (χ0v) is 19.6. The van der Waals surface area contributed by atoms with E-state index in [9.17, 15) is 14.0 Å². The molecule has 0 bridgehead atoms. The van der Waals surface area contributed by atoms with Crippen LogP contribution in [0.1, 0.15) is 22.3 Å². The molecule has 176 valence electrons. The van der Waals surface area contributed by atoms with Crippen LogP contribution in [0.4, 0.5) is 10.1 Å². The van der Waals surface area contributed by atoms with Crippen molar-refractivity contribution in [3.8, 4) is 11.5 Å². The van der Waals surface area contributed by atoms with Gasteiger partial charge in [-0.25, -0.2) is 9.82 Å². The average Bonchev–Trinajstić information content (AvgIpc) is 2.81. The number of aryl methyl sites for hydroxylation is 2. The number of nitrogens with one attached hydrogen (secondary N) is 2. The third-order valence-corrected chi connectivity index (χ3v) is 5.35. The molecule has 0 heterocycles. The van der Waals surface area contributed by atoms with E-state index in [1.807, 2.05) is 19.9 Å². The summed E-state index contributed by atoms with van der Waals surface area (Å²) in [6, 6.07) is 14.7. The van der Waals surface area contributed by atoms with Crippen molar-refractivity contribution in [3.63, 3.8) is 0 Å². The molecule has 0 unspecified atom stereocenters. The second kappa shape index (κ2) is 11.3. The third kappa shape index (κ3) is 6.11. The van der Waals surface area contributed by atoms with E-state index in [2.05, 4.69) is 15.8 Å². The number of methoxy groups -OCH3 is 1. The summed E-state index contributed by atoms with van der Waals surface area (Å²) in [5, 5.41) is 6.59. The van der Waals surface area contributed by atoms with Crippen molar-refractivity contribution in [2.75, 3.05) is 12.4 Å². The summed E-state index contributed by atoms with van der Waals surface area (Å²) in [4.78, 5) is 24.3. The number of nitrogens with zero attached hydrogens (tertiary/aromatic N) is 1. The van der Waals surface area contributed by atoms with Gasteiger partial charge < -0.3 is 14.8 Å². The molecule has 3 aromatic rings. The molecule has 0 aromatic heterocycles. The minimum absolute atomic E-state index is 0.155. The fourth-order valence-corrected chi connectivity index (χ4v) is 3.20. The van der Waals surface area contributed by atoms with Gasteiger partial charge in [0, 0.05) is 16.8 Å². The lowest BCUT2D eigenvalue weighted by Gasteiger charge is -2.14. The van der Waals surface area contributed by atoms with Crippen molar-refractivity contribution in [1.82, 2.24) is 5.43 Å². The first kappa shape index (κ1) is 24.7. The molecule has 0 aliphatic heterocycles. The fraction of sp³-hybridized carbons (Fsp3) is 0.160. The van der Waals surface area contributed by atoms with Gasteiger partial charge in [0.15, 0.2) is 11.5 Å². The Bertz CT molecular complexity index is 1230. The maximum atomic E-state index is 14.1. The Kier molecular flexibility index (Phi) is 8.21. The Labute approximate surface area is 201 Å². The van der Waals surface area contributed by atoms with Crippen LogP contribution in [0.3, 0.4) is 0 Å². The first-order valence-corrected chi connectivity index (χ1v) is 10.6. The number of halogens is 2. The molecule has 0 saturated heterocycles. The molecule has 0 spiro atoms. The van der Waals surface area contributed by atoms with E-state index < -0.39 is 17.6 Å². The topological polar surface area (TPSA) is 89.0 Å². The van der Waals surface area contributed by atoms with Crippen molar-refractivity contribution in [1.29, 1.82) is 0 Å². The van der Waals surface area contributed by atoms with Crippen LogP contribution in [0.25, 0.3) is 0 Å². The van der Waals surface area contributed by atoms with E-state index in [-0.39, 0.29) is 22.9 Å². The molecule has 0 fully saturated rings. The smallest absolute Gasteiger partial charge is 0.329 e. The summed E-state index contributed by atoms with van der Waals surface area (Å²) in [5.74, 6) is -1.67. The monoisotopic (exact) mass is 483 g/mol. The van der Waals surface area contributed by atoms with E-state index in [4.69, 9.17) is 21.1 Å². The van der Waals surface area contributed by atoms with Gasteiger partial charge in [0.25, 0.3) is 0 Å². The van der Waals surface area contributed by atoms with Crippen LogP contribution in [-0.4, -0.2) is 25.1 Å². The standard InChI is InChI=1S/C25H23ClFN3O4/c1-15-10-11-18(12-16(15)2)29-24(31)25(32)30-28-13-17-6-4-9-22(33-3)23(17)34-14-19-20(26)7-5-8-21(19)27/h4-13H,14H2,1-3H3,(H,29,31)(H,30,32)/b28-13-. The van der Waals surface area contributed by atoms with Crippen LogP contribution >= 0.6 is 11.6 Å². The first-order chi connectivity index (χ1) is 16.3. The maximum Gasteiger partial charge on any atom is 0.329 e. The van der Waals surface area contributed by atoms with Crippen molar-refractivity contribution < 1.29 is 23.5 Å². The number of hydrogen-bond donors (Lipinski definition) is 2. The van der Waals surface area contributed by atoms with Gasteiger partial charge >= 0.3 is 11.8 Å². The summed E-state index contributed by atoms with van der Waals surface area (Å²) in [7, 11) is 1.46. The number of rotatable bonds is 7. The maximum absolute atomic E-state index is 14.1. The lowest BCUT2D eigenvalue weighted by molar-refractivity contribution is -0.136. The highest BCUT2D eigenvalue weighted by molar-refractivity contribution is 6.39. The molecule has 7 nitrogen and oxygen atoms in total. The molecular weight excluding hydrogens is 461 g/mol. The molecule has 3 aromatic carbocycles. The molecule has 2 amide bonds. The van der Waals surface area contributed by atoms with Crippen molar-refractivity contribution in [2.24, 2.45) is 5.10 Å². The van der Waals surface area contributed by atoms with Gasteiger partial charge in [-0.2, -0.15) is 5.10 Å². The Morgan fingerprint density at radius 3 is 2.53 bits per heavy atom. The van der Waals surface area contributed by atoms with Crippen molar-refractivity contribution in [3.05, 3.63) is 87.7 Å². The van der Waals surface area contributed by atoms with Crippen LogP contribution in [0.15, 0.2) is 59.7 Å². The summed E-state index contributed by atoms with van der Waals surface area (Å²) in [5.41, 5.74) is 5.35. The molecule has 0 aliphatic carbocycles. The van der Waals surface area contributed by atoms with Crippen LogP contribution in [-0.2, 0) is 16.2 Å². The Morgan fingerprint density at radius 1 is 1.06 bits per heavy atom. The van der Waals surface area contributed by atoms with Crippen LogP contribution < -0.4 is 20.2 Å². The SMILES string of the molecule is COc1cccc(/C=N\NC(=O)C(=O)Nc2ccc(C)c(C)c2)c1OCc1c(F)cccc1Cl. The number of carbonyl (C=O) groups excluding carboxylic acids is 2. The van der Waals surface area contributed by atoms with Gasteiger partial charge in [0.1, 0.15) is 12.4 Å². The van der Waals surface area contributed by atoms with Gasteiger partial charge in [-0.3, -0.25) is 9.59 Å². The number of ether oxygens (including phenoxy) is 2. The number of carbonyl (C=O) groups is 2. The number of hydrogen-bond acceptors (Lipinski definition) is 5. The second-order valence-electron chi connectivity index (χ2n) is 7.32. The van der Waals surface area contributed by atoms with Crippen LogP contribution in [0.5, 0.6) is 11.5 Å². The van der Waals surface area contributed by atoms with Crippen LogP contribution in [0.2, 0.25) is 5.02 Å². The number of para-hydroxylation sites is 1. The van der Waals surface area contributed by atoms with E-state index in [1.54, 1.807) is 36.4 Å². The van der Waals surface area contributed by atoms with E-state index in [0.717, 1.165) is 11.1 Å². The Morgan fingerprint density at radius 2 is 1.82 bits per heavy atom. The zero-order valence-electron chi connectivity index (χ0n) is 18.8. The third-order valence-electron chi connectivity index (χ3n) is 4.99. The number of benzene rings is 3. The predicted octanol–water partition coefficient (Wildman–Crippen LogP) is 4.77. The lowest BCUT2D eigenvalue weighted by atomic mass is 10.1. The van der Waals surface area contributed by atoms with Crippen molar-refractivity contribution >= 4 is 35.3 Å². The number of hydrazone groups is 1. The molecule has 9 heteroatoms. The molecular formula is C25H23ClFN3O4. The summed E-state index contributed by atoms with van der Waals surface area (Å²) < 4.78 is 25.2. The normalized spacial score (nSPS) is 10.7. The van der Waals surface area contributed by atoms with Gasteiger partial charge in [-0.15, -0.1) is 0 Å². The van der Waals surface area contributed by atoms with E-state index in [1.165, 1.54) is 25.5 Å². The van der Waals surface area contributed by atoms with Gasteiger partial charge in [-0.05, 0) is 61.4 Å². The predicted molar refractivity (Wildman–Crippen MR) is 129 cm³/mol. The molecule has 2 N–H and O–H groups in total. The lowest BCUT2D eigenvalue weighted by Crippen LogP contribution is -2.32. The molecule has 0 atom stereocenters. The zero-order chi connectivity index (χ0) is 24.7. The minimum Gasteiger partial charge on any atom is -0.493 e. The van der Waals surface area contributed by atoms with E-state index >= 15 is 0 Å². The molecule has 34 heavy (non-hydrogen) atoms. The highest BCUT2D eigenvalue weighted by Crippen LogP contribution is 2.32. The summed E-state index contributed by atoms with van der Waals surface area (Å²) in [6.07, 6.45) is 1.29. The molecule has 0 radical (unpaired) electrons. The minimum atomic E-state index is -0.946. The Balaban J connectivity index is 1.69. The van der Waals surface area contributed by atoms with Gasteiger partial charge in [0.05, 0.1) is 18.3 Å². The molecule has 0 saturated carbocycles. The highest BCUT2D eigenvalue weighted by Gasteiger charge is 2.15. The largest absolute Gasteiger partial charge is 0.493 e. The summed E-state index contributed by atoms with van der Waals surface area (Å²) >= 11 is 6.07. The number of amides is 2. The van der Waals surface area contributed by atoms with Gasteiger partial charge in [-0.1, -0.05) is 29.8 Å². The second-order valence-corrected chi connectivity index (χ2v) is 7.73. The van der Waals surface area contributed by atoms with Crippen LogP contribution in [0, 0.1) is 19.7 Å². The summed E-state index contributed by atoms with van der Waals surface area (Å²) in [6.45, 7) is 3.70. The Hall–Kier alpha value is -3.91. The van der Waals surface area contributed by atoms with Crippen molar-refractivity contribution in [2.45, 2.75) is 20.5 Å². The number of anilines is 1. The highest BCUT2D eigenvalue weighted by atomic mass is 35.5. The average molecular weight is 484 g/mol. The molecule has 0 aliphatic rings. The first-order valence-electron chi connectivity index (χ1n) is 10.2.